The van der Waals surface area contributed by atoms with Crippen molar-refractivity contribution < 1.29 is 17.9 Å². The summed E-state index contributed by atoms with van der Waals surface area (Å²) in [5, 5.41) is 1.41. The molecule has 0 spiro atoms. The zero-order valence-electron chi connectivity index (χ0n) is 18.6. The molecule has 0 aliphatic heterocycles. The van der Waals surface area contributed by atoms with Crippen LogP contribution in [0.3, 0.4) is 0 Å². The molecule has 0 aromatic heterocycles. The molecule has 4 rings (SSSR count). The molecular weight excluding hydrogens is 457 g/mol. The molecule has 0 aliphatic carbocycles. The molecule has 0 saturated heterocycles. The van der Waals surface area contributed by atoms with Crippen molar-refractivity contribution in [2.45, 2.75) is 25.7 Å². The molecule has 0 amide bonds. The lowest BCUT2D eigenvalue weighted by atomic mass is 9.97. The molecule has 34 heavy (non-hydrogen) atoms. The average molecular weight is 481 g/mol. The third-order valence-electron chi connectivity index (χ3n) is 5.84. The summed E-state index contributed by atoms with van der Waals surface area (Å²) in [5.74, 6) is -0.569. The smallest absolute Gasteiger partial charge is 0.142 e. The Morgan fingerprint density at radius 1 is 0.735 bits per heavy atom. The van der Waals surface area contributed by atoms with Gasteiger partial charge in [0.15, 0.2) is 0 Å². The van der Waals surface area contributed by atoms with Gasteiger partial charge in [-0.25, -0.2) is 13.2 Å². The van der Waals surface area contributed by atoms with Crippen LogP contribution in [0.2, 0.25) is 5.02 Å². The van der Waals surface area contributed by atoms with Crippen LogP contribution in [0.15, 0.2) is 79.4 Å². The van der Waals surface area contributed by atoms with Crippen molar-refractivity contribution in [1.29, 1.82) is 0 Å². The van der Waals surface area contributed by atoms with E-state index in [9.17, 15) is 8.78 Å². The van der Waals surface area contributed by atoms with Gasteiger partial charge in [0.25, 0.3) is 0 Å². The van der Waals surface area contributed by atoms with Crippen LogP contribution >= 0.6 is 11.6 Å². The quantitative estimate of drug-likeness (QED) is 0.220. The van der Waals surface area contributed by atoms with E-state index in [-0.39, 0.29) is 16.7 Å². The summed E-state index contributed by atoms with van der Waals surface area (Å²) in [6.45, 7) is 3.91. The fourth-order valence-corrected chi connectivity index (χ4v) is 4.08. The van der Waals surface area contributed by atoms with Gasteiger partial charge in [-0.15, -0.1) is 0 Å². The molecule has 174 valence electrons. The van der Waals surface area contributed by atoms with E-state index in [4.69, 9.17) is 16.3 Å². The average Bonchev–Trinajstić information content (AvgIpc) is 2.83. The Hall–Kier alpha value is -3.24. The van der Waals surface area contributed by atoms with Crippen molar-refractivity contribution in [3.8, 4) is 5.75 Å². The van der Waals surface area contributed by atoms with Gasteiger partial charge in [-0.1, -0.05) is 66.7 Å². The minimum atomic E-state index is -0.470. The second-order valence-corrected chi connectivity index (χ2v) is 8.60. The Bertz CT molecular complexity index is 1330. The maximum absolute atomic E-state index is 15.1. The van der Waals surface area contributed by atoms with Crippen LogP contribution in [-0.2, 0) is 25.7 Å². The summed E-state index contributed by atoms with van der Waals surface area (Å²) in [6.07, 6.45) is 3.73. The highest BCUT2D eigenvalue weighted by Gasteiger charge is 2.10. The SMILES string of the molecule is C=CCOc1ccc(CCc2ccc3c(F)c(CCc4ccc(Cl)c(F)c4)ccc3c2)c(F)c1. The minimum Gasteiger partial charge on any atom is -0.489 e. The normalized spacial score (nSPS) is 11.1. The summed E-state index contributed by atoms with van der Waals surface area (Å²) in [4.78, 5) is 0. The largest absolute Gasteiger partial charge is 0.489 e. The number of benzene rings is 4. The highest BCUT2D eigenvalue weighted by Crippen LogP contribution is 2.25. The molecule has 0 bridgehead atoms. The van der Waals surface area contributed by atoms with Crippen LogP contribution in [0.1, 0.15) is 22.3 Å². The number of fused-ring (bicyclic) bond motifs is 1. The summed E-state index contributed by atoms with van der Waals surface area (Å²) in [6, 6.07) is 18.8. The molecule has 4 aromatic rings. The molecule has 1 nitrogen and oxygen atoms in total. The van der Waals surface area contributed by atoms with E-state index in [2.05, 4.69) is 6.58 Å². The number of ether oxygens (including phenoxy) is 1. The third kappa shape index (κ3) is 5.63. The lowest BCUT2D eigenvalue weighted by Gasteiger charge is -2.10. The number of halogens is 4. The summed E-state index contributed by atoms with van der Waals surface area (Å²) in [7, 11) is 0. The minimum absolute atomic E-state index is 0.0775. The molecule has 0 saturated carbocycles. The van der Waals surface area contributed by atoms with Gasteiger partial charge >= 0.3 is 0 Å². The van der Waals surface area contributed by atoms with E-state index in [1.807, 2.05) is 18.2 Å². The number of aryl methyl sites for hydroxylation is 4. The van der Waals surface area contributed by atoms with Crippen LogP contribution < -0.4 is 4.74 Å². The van der Waals surface area contributed by atoms with Crippen LogP contribution in [0, 0.1) is 17.5 Å². The van der Waals surface area contributed by atoms with E-state index in [1.165, 1.54) is 18.2 Å². The standard InChI is InChI=1S/C29H24ClF3O/c1-2-15-34-24-12-11-21(27(31)18-24)7-3-19-5-13-25-23(16-19)10-9-22(29(25)33)8-4-20-6-14-26(30)28(32)17-20/h2,5-6,9-14,16-18H,1,3-4,7-8,15H2. The maximum Gasteiger partial charge on any atom is 0.142 e. The van der Waals surface area contributed by atoms with Crippen LogP contribution in [-0.4, -0.2) is 6.61 Å². The van der Waals surface area contributed by atoms with Crippen molar-refractivity contribution in [3.63, 3.8) is 0 Å². The second kappa shape index (κ2) is 10.8. The molecule has 0 N–H and O–H groups in total. The topological polar surface area (TPSA) is 9.23 Å². The predicted octanol–water partition coefficient (Wildman–Crippen LogP) is 8.05. The predicted molar refractivity (Wildman–Crippen MR) is 132 cm³/mol. The summed E-state index contributed by atoms with van der Waals surface area (Å²) in [5.41, 5.74) is 2.95. The van der Waals surface area contributed by atoms with Crippen molar-refractivity contribution in [2.24, 2.45) is 0 Å². The van der Waals surface area contributed by atoms with Crippen molar-refractivity contribution in [2.75, 3.05) is 6.61 Å². The first-order chi connectivity index (χ1) is 16.4. The second-order valence-electron chi connectivity index (χ2n) is 8.20. The molecular formula is C29H24ClF3O. The molecule has 0 aliphatic rings. The Morgan fingerprint density at radius 3 is 2.18 bits per heavy atom. The monoisotopic (exact) mass is 480 g/mol. The highest BCUT2D eigenvalue weighted by molar-refractivity contribution is 6.30. The molecule has 0 unspecified atom stereocenters. The molecule has 0 atom stereocenters. The molecule has 0 heterocycles. The summed E-state index contributed by atoms with van der Waals surface area (Å²) >= 11 is 5.73. The molecule has 4 aromatic carbocycles. The van der Waals surface area contributed by atoms with Crippen molar-refractivity contribution >= 4 is 22.4 Å². The zero-order valence-corrected chi connectivity index (χ0v) is 19.3. The fraction of sp³-hybridized carbons (Fsp3) is 0.172. The van der Waals surface area contributed by atoms with Crippen LogP contribution in [0.5, 0.6) is 5.75 Å². The fourth-order valence-electron chi connectivity index (χ4n) is 3.96. The van der Waals surface area contributed by atoms with Crippen molar-refractivity contribution in [3.05, 3.63) is 124 Å². The number of hydrogen-bond acceptors (Lipinski definition) is 1. The van der Waals surface area contributed by atoms with Crippen LogP contribution in [0.25, 0.3) is 10.8 Å². The highest BCUT2D eigenvalue weighted by atomic mass is 35.5. The number of rotatable bonds is 9. The maximum atomic E-state index is 15.1. The van der Waals surface area contributed by atoms with Gasteiger partial charge in [0.1, 0.15) is 29.8 Å². The Morgan fingerprint density at radius 2 is 1.44 bits per heavy atom. The van der Waals surface area contributed by atoms with Crippen LogP contribution in [0.4, 0.5) is 13.2 Å². The van der Waals surface area contributed by atoms with E-state index < -0.39 is 5.82 Å². The van der Waals surface area contributed by atoms with E-state index in [1.54, 1.807) is 36.4 Å². The Balaban J connectivity index is 1.44. The first-order valence-electron chi connectivity index (χ1n) is 11.1. The lowest BCUT2D eigenvalue weighted by Crippen LogP contribution is -1.99. The van der Waals surface area contributed by atoms with E-state index in [0.717, 1.165) is 16.5 Å². The van der Waals surface area contributed by atoms with Gasteiger partial charge in [0.2, 0.25) is 0 Å². The van der Waals surface area contributed by atoms with E-state index in [0.29, 0.717) is 54.6 Å². The van der Waals surface area contributed by atoms with Crippen molar-refractivity contribution in [1.82, 2.24) is 0 Å². The van der Waals surface area contributed by atoms with Gasteiger partial charge in [0, 0.05) is 11.5 Å². The van der Waals surface area contributed by atoms with Gasteiger partial charge in [0.05, 0.1) is 5.02 Å². The Kier molecular flexibility index (Phi) is 7.59. The molecule has 5 heteroatoms. The van der Waals surface area contributed by atoms with Gasteiger partial charge in [-0.2, -0.15) is 0 Å². The third-order valence-corrected chi connectivity index (χ3v) is 6.15. The molecule has 0 radical (unpaired) electrons. The summed E-state index contributed by atoms with van der Waals surface area (Å²) < 4.78 is 48.5. The Labute approximate surface area is 202 Å². The first kappa shape index (κ1) is 23.9. The van der Waals surface area contributed by atoms with Gasteiger partial charge < -0.3 is 4.74 Å². The van der Waals surface area contributed by atoms with Gasteiger partial charge in [-0.3, -0.25) is 0 Å². The van der Waals surface area contributed by atoms with Gasteiger partial charge in [-0.05, 0) is 71.5 Å². The zero-order chi connectivity index (χ0) is 24.1. The number of hydrogen-bond donors (Lipinski definition) is 0. The lowest BCUT2D eigenvalue weighted by molar-refractivity contribution is 0.360. The van der Waals surface area contributed by atoms with E-state index >= 15 is 4.39 Å². The first-order valence-corrected chi connectivity index (χ1v) is 11.5. The molecule has 0 fully saturated rings.